The topological polar surface area (TPSA) is 19.0 Å². The molecule has 142 valence electrons. The SMILES string of the molecule is CC(C)(C)CN1CC(CN2CCCN(CCOC(C)(C)C)CC2)C1. The largest absolute Gasteiger partial charge is 0.375 e. The van der Waals surface area contributed by atoms with E-state index >= 15 is 0 Å². The molecule has 2 rings (SSSR count). The molecule has 0 aliphatic carbocycles. The molecule has 0 bridgehead atoms. The first-order valence-corrected chi connectivity index (χ1v) is 9.92. The Morgan fingerprint density at radius 2 is 1.46 bits per heavy atom. The fourth-order valence-electron chi connectivity index (χ4n) is 3.87. The zero-order valence-corrected chi connectivity index (χ0v) is 17.1. The molecule has 0 aromatic heterocycles. The van der Waals surface area contributed by atoms with Crippen LogP contribution in [-0.4, -0.2) is 85.8 Å². The highest BCUT2D eigenvalue weighted by Crippen LogP contribution is 2.23. The minimum atomic E-state index is -0.0129. The summed E-state index contributed by atoms with van der Waals surface area (Å²) in [6.45, 7) is 25.4. The van der Waals surface area contributed by atoms with Crippen molar-refractivity contribution in [1.82, 2.24) is 14.7 Å². The molecule has 4 heteroatoms. The van der Waals surface area contributed by atoms with Crippen molar-refractivity contribution in [2.75, 3.05) is 65.5 Å². The van der Waals surface area contributed by atoms with Crippen LogP contribution in [0.1, 0.15) is 48.0 Å². The van der Waals surface area contributed by atoms with E-state index in [1.54, 1.807) is 0 Å². The van der Waals surface area contributed by atoms with Gasteiger partial charge in [0.05, 0.1) is 12.2 Å². The lowest BCUT2D eigenvalue weighted by Crippen LogP contribution is -2.53. The van der Waals surface area contributed by atoms with E-state index in [-0.39, 0.29) is 5.60 Å². The third-order valence-corrected chi connectivity index (χ3v) is 4.87. The molecule has 0 unspecified atom stereocenters. The van der Waals surface area contributed by atoms with E-state index < -0.39 is 0 Å². The van der Waals surface area contributed by atoms with E-state index in [1.165, 1.54) is 58.8 Å². The van der Waals surface area contributed by atoms with Gasteiger partial charge >= 0.3 is 0 Å². The van der Waals surface area contributed by atoms with Crippen LogP contribution in [0.15, 0.2) is 0 Å². The fraction of sp³-hybridized carbons (Fsp3) is 1.00. The highest BCUT2D eigenvalue weighted by atomic mass is 16.5. The number of ether oxygens (including phenoxy) is 1. The number of likely N-dealkylation sites (tertiary alicyclic amines) is 1. The zero-order chi connectivity index (χ0) is 17.8. The molecule has 2 heterocycles. The Balaban J connectivity index is 1.60. The van der Waals surface area contributed by atoms with Gasteiger partial charge in [-0.2, -0.15) is 0 Å². The van der Waals surface area contributed by atoms with Crippen molar-refractivity contribution >= 4 is 0 Å². The van der Waals surface area contributed by atoms with Gasteiger partial charge in [0.1, 0.15) is 0 Å². The van der Waals surface area contributed by atoms with Gasteiger partial charge < -0.3 is 14.5 Å². The van der Waals surface area contributed by atoms with Gasteiger partial charge in [-0.3, -0.25) is 4.90 Å². The summed E-state index contributed by atoms with van der Waals surface area (Å²) >= 11 is 0. The molecule has 0 radical (unpaired) electrons. The molecule has 2 saturated heterocycles. The van der Waals surface area contributed by atoms with Crippen molar-refractivity contribution in [3.8, 4) is 0 Å². The van der Waals surface area contributed by atoms with Gasteiger partial charge in [0.2, 0.25) is 0 Å². The Hall–Kier alpha value is -0.160. The van der Waals surface area contributed by atoms with E-state index in [1.807, 2.05) is 0 Å². The van der Waals surface area contributed by atoms with E-state index in [2.05, 4.69) is 56.2 Å². The Bertz CT molecular complexity index is 366. The van der Waals surface area contributed by atoms with Crippen LogP contribution in [0, 0.1) is 11.3 Å². The minimum absolute atomic E-state index is 0.0129. The van der Waals surface area contributed by atoms with Crippen molar-refractivity contribution in [3.05, 3.63) is 0 Å². The quantitative estimate of drug-likeness (QED) is 0.741. The van der Waals surface area contributed by atoms with Gasteiger partial charge in [-0.25, -0.2) is 0 Å². The third-order valence-electron chi connectivity index (χ3n) is 4.87. The fourth-order valence-corrected chi connectivity index (χ4v) is 3.87. The lowest BCUT2D eigenvalue weighted by molar-refractivity contribution is -0.0128. The molecule has 24 heavy (non-hydrogen) atoms. The molecule has 0 atom stereocenters. The molecule has 0 amide bonds. The Morgan fingerprint density at radius 3 is 2.08 bits per heavy atom. The lowest BCUT2D eigenvalue weighted by Gasteiger charge is -2.44. The number of rotatable bonds is 6. The monoisotopic (exact) mass is 339 g/mol. The molecule has 0 saturated carbocycles. The normalized spacial score (nSPS) is 23.2. The van der Waals surface area contributed by atoms with Gasteiger partial charge in [-0.1, -0.05) is 20.8 Å². The van der Waals surface area contributed by atoms with Gasteiger partial charge in [0, 0.05) is 45.8 Å². The second-order valence-electron chi connectivity index (χ2n) is 10.1. The maximum Gasteiger partial charge on any atom is 0.0600 e. The lowest BCUT2D eigenvalue weighted by atomic mass is 9.91. The standard InChI is InChI=1S/C20H41N3O/c1-19(2,3)17-23-15-18(16-23)14-22-9-7-8-21(10-11-22)12-13-24-20(4,5)6/h18H,7-17H2,1-6H3. The molecular weight excluding hydrogens is 298 g/mol. The van der Waals surface area contributed by atoms with E-state index in [0.717, 1.165) is 19.1 Å². The van der Waals surface area contributed by atoms with Crippen LogP contribution in [0.5, 0.6) is 0 Å². The second kappa shape index (κ2) is 8.48. The second-order valence-corrected chi connectivity index (χ2v) is 10.1. The summed E-state index contributed by atoms with van der Waals surface area (Å²) in [7, 11) is 0. The molecule has 2 aliphatic rings. The molecule has 0 spiro atoms. The summed E-state index contributed by atoms with van der Waals surface area (Å²) in [5.74, 6) is 0.892. The van der Waals surface area contributed by atoms with Crippen LogP contribution >= 0.6 is 0 Å². The maximum absolute atomic E-state index is 5.88. The van der Waals surface area contributed by atoms with Crippen LogP contribution in [0.3, 0.4) is 0 Å². The average molecular weight is 340 g/mol. The highest BCUT2D eigenvalue weighted by Gasteiger charge is 2.31. The Labute approximate surface area is 150 Å². The van der Waals surface area contributed by atoms with Gasteiger partial charge in [0.25, 0.3) is 0 Å². The van der Waals surface area contributed by atoms with Crippen molar-refractivity contribution in [3.63, 3.8) is 0 Å². The van der Waals surface area contributed by atoms with Gasteiger partial charge in [-0.15, -0.1) is 0 Å². The van der Waals surface area contributed by atoms with E-state index in [4.69, 9.17) is 4.74 Å². The molecule has 4 nitrogen and oxygen atoms in total. The Kier molecular flexibility index (Phi) is 7.12. The predicted octanol–water partition coefficient (Wildman–Crippen LogP) is 2.79. The van der Waals surface area contributed by atoms with E-state index in [0.29, 0.717) is 5.41 Å². The summed E-state index contributed by atoms with van der Waals surface area (Å²) in [5, 5.41) is 0. The first-order valence-electron chi connectivity index (χ1n) is 9.92. The van der Waals surface area contributed by atoms with Crippen LogP contribution in [0.2, 0.25) is 0 Å². The third kappa shape index (κ3) is 7.81. The summed E-state index contributed by atoms with van der Waals surface area (Å²) < 4.78 is 5.88. The first kappa shape index (κ1) is 20.2. The summed E-state index contributed by atoms with van der Waals surface area (Å²) in [4.78, 5) is 7.90. The van der Waals surface area contributed by atoms with Crippen LogP contribution in [0.4, 0.5) is 0 Å². The molecule has 0 N–H and O–H groups in total. The highest BCUT2D eigenvalue weighted by molar-refractivity contribution is 4.85. The summed E-state index contributed by atoms with van der Waals surface area (Å²) in [5.41, 5.74) is 0.421. The molecule has 2 fully saturated rings. The summed E-state index contributed by atoms with van der Waals surface area (Å²) in [6.07, 6.45) is 1.30. The zero-order valence-electron chi connectivity index (χ0n) is 17.1. The van der Waals surface area contributed by atoms with Crippen molar-refractivity contribution in [2.24, 2.45) is 11.3 Å². The van der Waals surface area contributed by atoms with Crippen molar-refractivity contribution < 1.29 is 4.74 Å². The number of hydrogen-bond donors (Lipinski definition) is 0. The number of nitrogens with zero attached hydrogens (tertiary/aromatic N) is 3. The van der Waals surface area contributed by atoms with Gasteiger partial charge in [-0.05, 0) is 51.6 Å². The van der Waals surface area contributed by atoms with Gasteiger partial charge in [0.15, 0.2) is 0 Å². The minimum Gasteiger partial charge on any atom is -0.375 e. The van der Waals surface area contributed by atoms with E-state index in [9.17, 15) is 0 Å². The Morgan fingerprint density at radius 1 is 0.833 bits per heavy atom. The summed E-state index contributed by atoms with van der Waals surface area (Å²) in [6, 6.07) is 0. The first-order chi connectivity index (χ1) is 11.1. The maximum atomic E-state index is 5.88. The van der Waals surface area contributed by atoms with Crippen LogP contribution in [0.25, 0.3) is 0 Å². The van der Waals surface area contributed by atoms with Crippen molar-refractivity contribution in [1.29, 1.82) is 0 Å². The molecule has 2 aliphatic heterocycles. The number of hydrogen-bond acceptors (Lipinski definition) is 4. The van der Waals surface area contributed by atoms with Crippen LogP contribution < -0.4 is 0 Å². The molecular formula is C20H41N3O. The predicted molar refractivity (Wildman–Crippen MR) is 103 cm³/mol. The van der Waals surface area contributed by atoms with Crippen molar-refractivity contribution in [2.45, 2.75) is 53.6 Å². The van der Waals surface area contributed by atoms with Crippen LogP contribution in [-0.2, 0) is 4.74 Å². The smallest absolute Gasteiger partial charge is 0.0600 e. The molecule has 0 aromatic carbocycles. The molecule has 0 aromatic rings. The average Bonchev–Trinajstić information content (AvgIpc) is 2.59.